The average Bonchev–Trinajstić information content (AvgIpc) is 2.24. The molecule has 1 aliphatic heterocycles. The molecule has 0 spiro atoms. The molecule has 108 valence electrons. The Morgan fingerprint density at radius 1 is 1.30 bits per heavy atom. The van der Waals surface area contributed by atoms with Gasteiger partial charge in [0.2, 0.25) is 0 Å². The van der Waals surface area contributed by atoms with Crippen molar-refractivity contribution in [3.8, 4) is 6.07 Å². The molecular weight excluding hydrogens is 250 g/mol. The fraction of sp³-hybridized carbons (Fsp3) is 0.667. The van der Waals surface area contributed by atoms with Crippen LogP contribution in [0.3, 0.4) is 0 Å². The summed E-state index contributed by atoms with van der Waals surface area (Å²) >= 11 is 0. The standard InChI is InChI=1S/C15H23N5/c1-10-17-9-11(8-16)13(18-10)19-12-6-14(2,3)20-15(4,5)7-12/h9,12,20H,6-7H2,1-5H3,(H,17,18,19). The number of hydrogen-bond acceptors (Lipinski definition) is 5. The number of aromatic nitrogens is 2. The number of anilines is 1. The molecule has 5 nitrogen and oxygen atoms in total. The summed E-state index contributed by atoms with van der Waals surface area (Å²) in [6.45, 7) is 10.7. The van der Waals surface area contributed by atoms with Gasteiger partial charge >= 0.3 is 0 Å². The van der Waals surface area contributed by atoms with E-state index in [9.17, 15) is 0 Å². The van der Waals surface area contributed by atoms with Gasteiger partial charge in [-0.1, -0.05) is 0 Å². The van der Waals surface area contributed by atoms with E-state index in [0.29, 0.717) is 23.2 Å². The Hall–Kier alpha value is -1.67. The van der Waals surface area contributed by atoms with Crippen molar-refractivity contribution in [3.05, 3.63) is 17.6 Å². The molecule has 1 aliphatic rings. The van der Waals surface area contributed by atoms with Crippen LogP contribution in [0.25, 0.3) is 0 Å². The van der Waals surface area contributed by atoms with Gasteiger partial charge in [-0.25, -0.2) is 9.97 Å². The second-order valence-electron chi connectivity index (χ2n) is 6.93. The SMILES string of the molecule is Cc1ncc(C#N)c(NC2CC(C)(C)NC(C)(C)C2)n1. The molecule has 0 saturated carbocycles. The van der Waals surface area contributed by atoms with Crippen molar-refractivity contribution in [3.63, 3.8) is 0 Å². The summed E-state index contributed by atoms with van der Waals surface area (Å²) in [7, 11) is 0. The molecule has 2 N–H and O–H groups in total. The first kappa shape index (κ1) is 14.7. The zero-order valence-electron chi connectivity index (χ0n) is 12.9. The third-order valence-electron chi connectivity index (χ3n) is 3.56. The van der Waals surface area contributed by atoms with Gasteiger partial charge in [0.05, 0.1) is 6.20 Å². The van der Waals surface area contributed by atoms with Gasteiger partial charge in [-0.2, -0.15) is 5.26 Å². The van der Waals surface area contributed by atoms with E-state index in [1.54, 1.807) is 6.20 Å². The van der Waals surface area contributed by atoms with Crippen molar-refractivity contribution in [1.82, 2.24) is 15.3 Å². The van der Waals surface area contributed by atoms with E-state index in [4.69, 9.17) is 5.26 Å². The number of aryl methyl sites for hydroxylation is 1. The zero-order chi connectivity index (χ0) is 15.0. The van der Waals surface area contributed by atoms with Crippen LogP contribution in [0.1, 0.15) is 51.9 Å². The minimum atomic E-state index is 0.0638. The topological polar surface area (TPSA) is 73.6 Å². The van der Waals surface area contributed by atoms with E-state index >= 15 is 0 Å². The summed E-state index contributed by atoms with van der Waals surface area (Å²) in [6.07, 6.45) is 3.57. The minimum Gasteiger partial charge on any atom is -0.366 e. The number of nitrogens with zero attached hydrogens (tertiary/aromatic N) is 3. The first-order valence-electron chi connectivity index (χ1n) is 7.00. The Kier molecular flexibility index (Phi) is 3.70. The molecule has 2 rings (SSSR count). The van der Waals surface area contributed by atoms with Crippen LogP contribution in [-0.2, 0) is 0 Å². The summed E-state index contributed by atoms with van der Waals surface area (Å²) in [5.74, 6) is 1.33. The maximum Gasteiger partial charge on any atom is 0.147 e. The molecule has 0 radical (unpaired) electrons. The van der Waals surface area contributed by atoms with Crippen molar-refractivity contribution in [2.24, 2.45) is 0 Å². The van der Waals surface area contributed by atoms with Crippen LogP contribution < -0.4 is 10.6 Å². The number of nitrogens with one attached hydrogen (secondary N) is 2. The molecule has 0 aliphatic carbocycles. The second kappa shape index (κ2) is 5.02. The fourth-order valence-corrected chi connectivity index (χ4v) is 3.28. The van der Waals surface area contributed by atoms with Crippen LogP contribution in [-0.4, -0.2) is 27.1 Å². The van der Waals surface area contributed by atoms with E-state index in [0.717, 1.165) is 12.8 Å². The summed E-state index contributed by atoms with van der Waals surface area (Å²) in [6, 6.07) is 2.44. The van der Waals surface area contributed by atoms with E-state index in [-0.39, 0.29) is 11.1 Å². The molecule has 0 bridgehead atoms. The van der Waals surface area contributed by atoms with Gasteiger partial charge in [-0.15, -0.1) is 0 Å². The highest BCUT2D eigenvalue weighted by Gasteiger charge is 2.37. The van der Waals surface area contributed by atoms with Crippen molar-refractivity contribution in [2.45, 2.75) is 64.6 Å². The van der Waals surface area contributed by atoms with Gasteiger partial charge in [-0.05, 0) is 47.5 Å². The summed E-state index contributed by atoms with van der Waals surface area (Å²) in [5.41, 5.74) is 0.632. The third-order valence-corrected chi connectivity index (χ3v) is 3.56. The van der Waals surface area contributed by atoms with E-state index in [2.05, 4.69) is 54.4 Å². The van der Waals surface area contributed by atoms with Crippen LogP contribution >= 0.6 is 0 Å². The predicted molar refractivity (Wildman–Crippen MR) is 79.4 cm³/mol. The molecule has 0 unspecified atom stereocenters. The highest BCUT2D eigenvalue weighted by molar-refractivity contribution is 5.51. The minimum absolute atomic E-state index is 0.0638. The lowest BCUT2D eigenvalue weighted by Gasteiger charge is -2.46. The van der Waals surface area contributed by atoms with Crippen LogP contribution in [0, 0.1) is 18.3 Å². The molecular formula is C15H23N5. The van der Waals surface area contributed by atoms with Gasteiger partial charge in [0.25, 0.3) is 0 Å². The maximum atomic E-state index is 9.16. The lowest BCUT2D eigenvalue weighted by Crippen LogP contribution is -2.60. The summed E-state index contributed by atoms with van der Waals surface area (Å²) in [4.78, 5) is 8.44. The highest BCUT2D eigenvalue weighted by Crippen LogP contribution is 2.30. The van der Waals surface area contributed by atoms with Gasteiger partial charge in [0.15, 0.2) is 0 Å². The first-order valence-corrected chi connectivity index (χ1v) is 7.00. The van der Waals surface area contributed by atoms with E-state index in [1.165, 1.54) is 0 Å². The Labute approximate surface area is 120 Å². The zero-order valence-corrected chi connectivity index (χ0v) is 12.9. The second-order valence-corrected chi connectivity index (χ2v) is 6.93. The van der Waals surface area contributed by atoms with E-state index < -0.39 is 0 Å². The summed E-state index contributed by atoms with van der Waals surface area (Å²) in [5, 5.41) is 16.3. The van der Waals surface area contributed by atoms with Crippen LogP contribution in [0.15, 0.2) is 6.20 Å². The molecule has 0 amide bonds. The van der Waals surface area contributed by atoms with Crippen molar-refractivity contribution in [1.29, 1.82) is 5.26 Å². The molecule has 2 heterocycles. The van der Waals surface area contributed by atoms with Crippen molar-refractivity contribution >= 4 is 5.82 Å². The van der Waals surface area contributed by atoms with Gasteiger partial charge in [-0.3, -0.25) is 0 Å². The molecule has 1 saturated heterocycles. The maximum absolute atomic E-state index is 9.16. The Morgan fingerprint density at radius 3 is 2.45 bits per heavy atom. The Balaban J connectivity index is 2.22. The van der Waals surface area contributed by atoms with Crippen LogP contribution in [0.5, 0.6) is 0 Å². The van der Waals surface area contributed by atoms with E-state index in [1.807, 2.05) is 6.92 Å². The predicted octanol–water partition coefficient (Wildman–Crippen LogP) is 2.38. The highest BCUT2D eigenvalue weighted by atomic mass is 15.1. The quantitative estimate of drug-likeness (QED) is 0.865. The number of rotatable bonds is 2. The molecule has 1 fully saturated rings. The molecule has 0 aromatic carbocycles. The van der Waals surface area contributed by atoms with Gasteiger partial charge in [0.1, 0.15) is 23.3 Å². The molecule has 5 heteroatoms. The number of piperidine rings is 1. The summed E-state index contributed by atoms with van der Waals surface area (Å²) < 4.78 is 0. The van der Waals surface area contributed by atoms with Gasteiger partial charge < -0.3 is 10.6 Å². The molecule has 0 atom stereocenters. The Bertz CT molecular complexity index is 526. The fourth-order valence-electron chi connectivity index (χ4n) is 3.28. The van der Waals surface area contributed by atoms with Crippen LogP contribution in [0.2, 0.25) is 0 Å². The molecule has 1 aromatic rings. The van der Waals surface area contributed by atoms with Gasteiger partial charge in [0, 0.05) is 17.1 Å². The lowest BCUT2D eigenvalue weighted by molar-refractivity contribution is 0.170. The molecule has 20 heavy (non-hydrogen) atoms. The lowest BCUT2D eigenvalue weighted by atomic mass is 9.79. The Morgan fingerprint density at radius 2 is 1.90 bits per heavy atom. The number of nitriles is 1. The largest absolute Gasteiger partial charge is 0.366 e. The monoisotopic (exact) mass is 273 g/mol. The first-order chi connectivity index (χ1) is 9.21. The third kappa shape index (κ3) is 3.45. The smallest absolute Gasteiger partial charge is 0.147 e. The van der Waals surface area contributed by atoms with Crippen molar-refractivity contribution < 1.29 is 0 Å². The normalized spacial score (nSPS) is 21.2. The molecule has 1 aromatic heterocycles. The number of hydrogen-bond donors (Lipinski definition) is 2. The van der Waals surface area contributed by atoms with Crippen LogP contribution in [0.4, 0.5) is 5.82 Å². The average molecular weight is 273 g/mol. The van der Waals surface area contributed by atoms with Crippen molar-refractivity contribution in [2.75, 3.05) is 5.32 Å².